The standard InChI is InChI=1S/C19H21BrN4O/c1-2-23-14-17(20)11-18(23)19(25)24-9-7-22(8-10-24)13-16-5-3-15(12-21)4-6-16/h3-6,11,14H,2,7-10,13H2,1H3. The van der Waals surface area contributed by atoms with Crippen LogP contribution in [0.25, 0.3) is 0 Å². The largest absolute Gasteiger partial charge is 0.343 e. The van der Waals surface area contributed by atoms with E-state index in [4.69, 9.17) is 5.26 Å². The molecule has 0 spiro atoms. The van der Waals surface area contributed by atoms with Gasteiger partial charge in [0.2, 0.25) is 0 Å². The topological polar surface area (TPSA) is 52.3 Å². The fraction of sp³-hybridized carbons (Fsp3) is 0.368. The summed E-state index contributed by atoms with van der Waals surface area (Å²) >= 11 is 3.45. The van der Waals surface area contributed by atoms with E-state index < -0.39 is 0 Å². The molecular formula is C19H21BrN4O. The average Bonchev–Trinajstić information content (AvgIpc) is 3.03. The molecule has 0 aliphatic carbocycles. The van der Waals surface area contributed by atoms with Crippen LogP contribution in [0.15, 0.2) is 41.0 Å². The monoisotopic (exact) mass is 400 g/mol. The van der Waals surface area contributed by atoms with Gasteiger partial charge < -0.3 is 9.47 Å². The van der Waals surface area contributed by atoms with E-state index in [0.717, 1.165) is 49.4 Å². The van der Waals surface area contributed by atoms with Crippen LogP contribution in [-0.2, 0) is 13.1 Å². The number of benzene rings is 1. The summed E-state index contributed by atoms with van der Waals surface area (Å²) < 4.78 is 2.92. The number of hydrogen-bond donors (Lipinski definition) is 0. The molecule has 0 radical (unpaired) electrons. The zero-order valence-electron chi connectivity index (χ0n) is 14.3. The first-order valence-corrected chi connectivity index (χ1v) is 9.26. The fourth-order valence-electron chi connectivity index (χ4n) is 3.13. The van der Waals surface area contributed by atoms with Crippen LogP contribution >= 0.6 is 15.9 Å². The van der Waals surface area contributed by atoms with Crippen molar-refractivity contribution in [1.29, 1.82) is 5.26 Å². The van der Waals surface area contributed by atoms with Gasteiger partial charge >= 0.3 is 0 Å². The lowest BCUT2D eigenvalue weighted by Gasteiger charge is -2.34. The predicted molar refractivity (Wildman–Crippen MR) is 100 cm³/mol. The number of aromatic nitrogens is 1. The minimum Gasteiger partial charge on any atom is -0.343 e. The fourth-order valence-corrected chi connectivity index (χ4v) is 3.59. The number of nitriles is 1. The summed E-state index contributed by atoms with van der Waals surface area (Å²) in [5.74, 6) is 0.102. The lowest BCUT2D eigenvalue weighted by atomic mass is 10.1. The van der Waals surface area contributed by atoms with Crippen LogP contribution in [0.5, 0.6) is 0 Å². The van der Waals surface area contributed by atoms with E-state index in [1.54, 1.807) is 0 Å². The summed E-state index contributed by atoms with van der Waals surface area (Å²) in [7, 11) is 0. The Balaban J connectivity index is 1.57. The summed E-state index contributed by atoms with van der Waals surface area (Å²) in [6.07, 6.45) is 1.95. The minimum absolute atomic E-state index is 0.102. The highest BCUT2D eigenvalue weighted by Gasteiger charge is 2.24. The SMILES string of the molecule is CCn1cc(Br)cc1C(=O)N1CCN(Cc2ccc(C#N)cc2)CC1. The molecule has 1 aliphatic heterocycles. The van der Waals surface area contributed by atoms with Crippen molar-refractivity contribution in [2.45, 2.75) is 20.0 Å². The zero-order chi connectivity index (χ0) is 17.8. The van der Waals surface area contributed by atoms with E-state index in [1.807, 2.05) is 52.9 Å². The van der Waals surface area contributed by atoms with Crippen molar-refractivity contribution in [1.82, 2.24) is 14.4 Å². The third kappa shape index (κ3) is 4.12. The number of amides is 1. The summed E-state index contributed by atoms with van der Waals surface area (Å²) in [5, 5.41) is 8.86. The molecule has 0 bridgehead atoms. The lowest BCUT2D eigenvalue weighted by Crippen LogP contribution is -2.48. The average molecular weight is 401 g/mol. The Kier molecular flexibility index (Phi) is 5.57. The molecule has 1 saturated heterocycles. The van der Waals surface area contributed by atoms with Gasteiger partial charge in [0.05, 0.1) is 11.6 Å². The molecule has 0 saturated carbocycles. The number of aryl methyl sites for hydroxylation is 1. The molecule has 3 rings (SSSR count). The van der Waals surface area contributed by atoms with E-state index >= 15 is 0 Å². The first-order chi connectivity index (χ1) is 12.1. The second-order valence-electron chi connectivity index (χ2n) is 6.21. The zero-order valence-corrected chi connectivity index (χ0v) is 15.9. The van der Waals surface area contributed by atoms with Crippen LogP contribution in [0.4, 0.5) is 0 Å². The van der Waals surface area contributed by atoms with Crippen LogP contribution in [-0.4, -0.2) is 46.5 Å². The summed E-state index contributed by atoms with van der Waals surface area (Å²) in [6.45, 7) is 6.87. The Morgan fingerprint density at radius 1 is 1.20 bits per heavy atom. The van der Waals surface area contributed by atoms with E-state index in [0.29, 0.717) is 5.56 Å². The number of rotatable bonds is 4. The molecule has 0 atom stereocenters. The van der Waals surface area contributed by atoms with Crippen molar-refractivity contribution in [3.63, 3.8) is 0 Å². The minimum atomic E-state index is 0.102. The van der Waals surface area contributed by atoms with Gasteiger partial charge in [-0.15, -0.1) is 0 Å². The highest BCUT2D eigenvalue weighted by molar-refractivity contribution is 9.10. The Morgan fingerprint density at radius 3 is 2.48 bits per heavy atom. The normalized spacial score (nSPS) is 15.2. The van der Waals surface area contributed by atoms with Gasteiger partial charge in [-0.25, -0.2) is 0 Å². The molecule has 25 heavy (non-hydrogen) atoms. The van der Waals surface area contributed by atoms with Crippen molar-refractivity contribution in [2.24, 2.45) is 0 Å². The van der Waals surface area contributed by atoms with Crippen molar-refractivity contribution in [2.75, 3.05) is 26.2 Å². The smallest absolute Gasteiger partial charge is 0.270 e. The molecule has 1 fully saturated rings. The molecule has 1 amide bonds. The maximum Gasteiger partial charge on any atom is 0.270 e. The lowest BCUT2D eigenvalue weighted by molar-refractivity contribution is 0.0618. The Labute approximate surface area is 156 Å². The Bertz CT molecular complexity index is 783. The predicted octanol–water partition coefficient (Wildman–Crippen LogP) is 3.10. The Hall–Kier alpha value is -2.10. The summed E-state index contributed by atoms with van der Waals surface area (Å²) in [6, 6.07) is 11.7. The molecule has 130 valence electrons. The second kappa shape index (κ2) is 7.85. The van der Waals surface area contributed by atoms with Crippen molar-refractivity contribution in [3.8, 4) is 6.07 Å². The van der Waals surface area contributed by atoms with Crippen LogP contribution in [0.1, 0.15) is 28.5 Å². The van der Waals surface area contributed by atoms with E-state index in [1.165, 1.54) is 5.56 Å². The number of hydrogen-bond acceptors (Lipinski definition) is 3. The maximum absolute atomic E-state index is 12.8. The van der Waals surface area contributed by atoms with Crippen LogP contribution in [0, 0.1) is 11.3 Å². The summed E-state index contributed by atoms with van der Waals surface area (Å²) in [4.78, 5) is 17.0. The van der Waals surface area contributed by atoms with Crippen LogP contribution in [0.2, 0.25) is 0 Å². The first kappa shape index (κ1) is 17.7. The number of halogens is 1. The van der Waals surface area contributed by atoms with E-state index in [2.05, 4.69) is 26.9 Å². The molecule has 0 N–H and O–H groups in total. The van der Waals surface area contributed by atoms with E-state index in [9.17, 15) is 4.79 Å². The van der Waals surface area contributed by atoms with Crippen molar-refractivity contribution in [3.05, 3.63) is 57.8 Å². The number of carbonyl (C=O) groups is 1. The van der Waals surface area contributed by atoms with Gasteiger partial charge in [-0.2, -0.15) is 5.26 Å². The number of carbonyl (C=O) groups excluding carboxylic acids is 1. The molecule has 2 aromatic rings. The third-order valence-electron chi connectivity index (χ3n) is 4.57. The highest BCUT2D eigenvalue weighted by atomic mass is 79.9. The maximum atomic E-state index is 12.8. The molecule has 6 heteroatoms. The van der Waals surface area contributed by atoms with Gasteiger partial charge in [0.25, 0.3) is 5.91 Å². The van der Waals surface area contributed by atoms with Crippen LogP contribution < -0.4 is 0 Å². The Morgan fingerprint density at radius 2 is 1.88 bits per heavy atom. The van der Waals surface area contributed by atoms with Gasteiger partial charge in [0.15, 0.2) is 0 Å². The van der Waals surface area contributed by atoms with Gasteiger partial charge in [-0.05, 0) is 46.6 Å². The van der Waals surface area contributed by atoms with Crippen LogP contribution in [0.3, 0.4) is 0 Å². The highest BCUT2D eigenvalue weighted by Crippen LogP contribution is 2.18. The number of nitrogens with zero attached hydrogens (tertiary/aromatic N) is 4. The second-order valence-corrected chi connectivity index (χ2v) is 7.12. The van der Waals surface area contributed by atoms with Crippen molar-refractivity contribution >= 4 is 21.8 Å². The molecule has 1 aliphatic rings. The molecule has 1 aromatic carbocycles. The molecule has 1 aromatic heterocycles. The first-order valence-electron chi connectivity index (χ1n) is 8.47. The molecule has 0 unspecified atom stereocenters. The van der Waals surface area contributed by atoms with Gasteiger partial charge in [0.1, 0.15) is 5.69 Å². The molecule has 5 nitrogen and oxygen atoms in total. The van der Waals surface area contributed by atoms with E-state index in [-0.39, 0.29) is 5.91 Å². The van der Waals surface area contributed by atoms with Gasteiger partial charge in [-0.1, -0.05) is 12.1 Å². The number of piperazine rings is 1. The molecular weight excluding hydrogens is 380 g/mol. The van der Waals surface area contributed by atoms with Crippen molar-refractivity contribution < 1.29 is 4.79 Å². The van der Waals surface area contributed by atoms with Gasteiger partial charge in [0, 0.05) is 49.9 Å². The quantitative estimate of drug-likeness (QED) is 0.791. The third-order valence-corrected chi connectivity index (χ3v) is 5.01. The summed E-state index contributed by atoms with van der Waals surface area (Å²) in [5.41, 5.74) is 2.63. The molecule has 2 heterocycles. The van der Waals surface area contributed by atoms with Gasteiger partial charge in [-0.3, -0.25) is 9.69 Å².